The van der Waals surface area contributed by atoms with Gasteiger partial charge in [0.15, 0.2) is 34.9 Å². The van der Waals surface area contributed by atoms with E-state index in [0.717, 1.165) is 159 Å². The number of furan rings is 2. The smallest absolute Gasteiger partial charge is 0.164 e. The van der Waals surface area contributed by atoms with Gasteiger partial charge in [-0.2, -0.15) is 0 Å². The summed E-state index contributed by atoms with van der Waals surface area (Å²) >= 11 is 3.54. The minimum Gasteiger partial charge on any atom is -0.456 e. The zero-order valence-corrected chi connectivity index (χ0v) is 62.3. The third-order valence-electron chi connectivity index (χ3n) is 22.6. The summed E-state index contributed by atoms with van der Waals surface area (Å²) in [6.45, 7) is 0. The molecule has 0 unspecified atom stereocenters. The molecule has 0 saturated carbocycles. The number of aromatic nitrogens is 8. The SMILES string of the molecule is c1ccc(-c2nc(-c3ccc4c(c3)oc3cc(-c5cccc6c7ccccc7n(-c7ccccc7)c56)ccc34)nc(-c3ccc4c(c3)sc3cc(-c5cccc(-c6nc(-c7ccc8c(c7)oc7c(-c9cccc%10c%11ccccc%11n(-c%11ccccc%11)c9%10)cccc78)nc(-c7ccc8c(c7)sc7ccccc78)n6)c5)ccc34)n2)cc1. The number of hydrogen-bond donors (Lipinski definition) is 0. The Morgan fingerprint density at radius 2 is 0.544 bits per heavy atom. The van der Waals surface area contributed by atoms with Crippen LogP contribution in [0.25, 0.3) is 241 Å². The average molecular weight is 1490 g/mol. The monoisotopic (exact) mass is 1490 g/mol. The predicted molar refractivity (Wildman–Crippen MR) is 471 cm³/mol. The molecule has 0 aliphatic carbocycles. The molecule has 12 heteroatoms. The molecule has 0 aliphatic heterocycles. The van der Waals surface area contributed by atoms with Gasteiger partial charge in [0.2, 0.25) is 0 Å². The van der Waals surface area contributed by atoms with Crippen LogP contribution in [0.4, 0.5) is 0 Å². The second kappa shape index (κ2) is 25.4. The molecule has 0 bridgehead atoms. The van der Waals surface area contributed by atoms with Crippen LogP contribution in [-0.4, -0.2) is 39.0 Å². The number of hydrogen-bond acceptors (Lipinski definition) is 10. The topological polar surface area (TPSA) is 113 Å². The van der Waals surface area contributed by atoms with E-state index in [1.807, 2.05) is 30.3 Å². The predicted octanol–water partition coefficient (Wildman–Crippen LogP) is 27.8. The van der Waals surface area contributed by atoms with Gasteiger partial charge in [-0.1, -0.05) is 249 Å². The first-order valence-corrected chi connectivity index (χ1v) is 39.7. The van der Waals surface area contributed by atoms with E-state index in [1.54, 1.807) is 22.7 Å². The first-order chi connectivity index (χ1) is 56.4. The van der Waals surface area contributed by atoms with Gasteiger partial charge in [-0.3, -0.25) is 0 Å². The zero-order valence-electron chi connectivity index (χ0n) is 60.7. The van der Waals surface area contributed by atoms with Crippen LogP contribution in [0.5, 0.6) is 0 Å². The van der Waals surface area contributed by atoms with E-state index in [1.165, 1.54) is 47.1 Å². The van der Waals surface area contributed by atoms with Crippen LogP contribution in [0.15, 0.2) is 361 Å². The van der Waals surface area contributed by atoms with Crippen LogP contribution in [0.2, 0.25) is 0 Å². The second-order valence-electron chi connectivity index (χ2n) is 29.2. The average Bonchev–Trinajstić information content (AvgIpc) is 1.57. The lowest BCUT2D eigenvalue weighted by Gasteiger charge is -2.12. The lowest BCUT2D eigenvalue weighted by atomic mass is 9.99. The summed E-state index contributed by atoms with van der Waals surface area (Å²) in [5.74, 6) is 3.41. The van der Waals surface area contributed by atoms with E-state index in [-0.39, 0.29) is 0 Å². The fourth-order valence-corrected chi connectivity index (χ4v) is 19.7. The van der Waals surface area contributed by atoms with Crippen molar-refractivity contribution >= 4 is 151 Å². The third kappa shape index (κ3) is 10.2. The van der Waals surface area contributed by atoms with Crippen LogP contribution in [0.3, 0.4) is 0 Å². The van der Waals surface area contributed by atoms with Crippen molar-refractivity contribution in [1.82, 2.24) is 39.0 Å². The van der Waals surface area contributed by atoms with E-state index in [4.69, 9.17) is 38.7 Å². The normalized spacial score (nSPS) is 12.0. The summed E-state index contributed by atoms with van der Waals surface area (Å²) in [5.41, 5.74) is 21.5. The van der Waals surface area contributed by atoms with E-state index >= 15 is 0 Å². The molecule has 8 heterocycles. The Balaban J connectivity index is 0.577. The molecule has 0 amide bonds. The first-order valence-electron chi connectivity index (χ1n) is 38.1. The maximum absolute atomic E-state index is 7.12. The summed E-state index contributed by atoms with van der Waals surface area (Å²) in [4.78, 5) is 31.7. The van der Waals surface area contributed by atoms with E-state index in [2.05, 4.69) is 331 Å². The van der Waals surface area contributed by atoms with Crippen molar-refractivity contribution in [2.24, 2.45) is 0 Å². The number of thiophene rings is 2. The fraction of sp³-hybridized carbons (Fsp3) is 0. The molecule has 24 rings (SSSR count). The van der Waals surface area contributed by atoms with Crippen molar-refractivity contribution in [3.63, 3.8) is 0 Å². The fourth-order valence-electron chi connectivity index (χ4n) is 17.3. The standard InChI is InChI=1S/C102H58N8O2S2/c1-4-20-59(21-5-1)97-103-99(64-42-47-74-73-46-41-62(53-87(73)111-88(74)54-64)70-31-17-32-80-71-28-10-13-37-85(71)109(94(70)80)68-24-6-2-7-25-68)107-101(104-97)67-45-51-79-78-49-40-61(56-91(78)114-93(79)58-67)60-22-16-23-63(52-60)98-105-100(108-102(106-98)66-44-50-77-76-30-12-15-39-90(76)113-92(77)57-66)65-43-48-75-83-35-19-36-84(96(83)112-89(75)55-65)82-34-18-33-81-72-29-11-14-38-86(72)110(95(81)82)69-26-8-3-9-27-69/h1-58H. The van der Waals surface area contributed by atoms with Gasteiger partial charge in [-0.25, -0.2) is 29.9 Å². The molecular weight excluding hydrogens is 1430 g/mol. The number of para-hydroxylation sites is 7. The summed E-state index contributed by atoms with van der Waals surface area (Å²) in [5, 5.41) is 13.7. The van der Waals surface area contributed by atoms with Gasteiger partial charge in [0.25, 0.3) is 0 Å². The Morgan fingerprint density at radius 1 is 0.202 bits per heavy atom. The largest absolute Gasteiger partial charge is 0.456 e. The van der Waals surface area contributed by atoms with E-state index in [9.17, 15) is 0 Å². The van der Waals surface area contributed by atoms with Crippen molar-refractivity contribution in [3.05, 3.63) is 352 Å². The highest BCUT2D eigenvalue weighted by Crippen LogP contribution is 2.47. The van der Waals surface area contributed by atoms with Crippen molar-refractivity contribution in [3.8, 4) is 113 Å². The molecule has 0 radical (unpaired) electrons. The molecule has 0 saturated heterocycles. The zero-order chi connectivity index (χ0) is 74.6. The van der Waals surface area contributed by atoms with Crippen LogP contribution in [-0.2, 0) is 0 Å². The highest BCUT2D eigenvalue weighted by molar-refractivity contribution is 7.26. The Kier molecular flexibility index (Phi) is 14.3. The van der Waals surface area contributed by atoms with Gasteiger partial charge in [-0.15, -0.1) is 22.7 Å². The molecule has 16 aromatic carbocycles. The molecule has 0 atom stereocenters. The highest BCUT2D eigenvalue weighted by Gasteiger charge is 2.25. The summed E-state index contributed by atoms with van der Waals surface area (Å²) in [6.07, 6.45) is 0. The third-order valence-corrected chi connectivity index (χ3v) is 24.9. The van der Waals surface area contributed by atoms with Gasteiger partial charge in [-0.05, 0) is 120 Å². The van der Waals surface area contributed by atoms with E-state index in [0.29, 0.717) is 34.9 Å². The Hall–Kier alpha value is -14.8. The quantitative estimate of drug-likeness (QED) is 0.126. The molecule has 0 aliphatic rings. The number of nitrogens with zero attached hydrogens (tertiary/aromatic N) is 8. The Labute approximate surface area is 658 Å². The van der Waals surface area contributed by atoms with Crippen molar-refractivity contribution in [2.75, 3.05) is 0 Å². The Bertz CT molecular complexity index is 8130. The molecular formula is C102H58N8O2S2. The number of benzene rings is 16. The molecule has 8 aromatic heterocycles. The molecule has 114 heavy (non-hydrogen) atoms. The first kappa shape index (κ1) is 64.0. The van der Waals surface area contributed by atoms with E-state index < -0.39 is 0 Å². The van der Waals surface area contributed by atoms with Gasteiger partial charge in [0.05, 0.1) is 22.1 Å². The van der Waals surface area contributed by atoms with Gasteiger partial charge in [0.1, 0.15) is 22.3 Å². The van der Waals surface area contributed by atoms with Crippen LogP contribution in [0.1, 0.15) is 0 Å². The van der Waals surface area contributed by atoms with Crippen molar-refractivity contribution in [2.45, 2.75) is 0 Å². The minimum atomic E-state index is 0.543. The minimum absolute atomic E-state index is 0.543. The second-order valence-corrected chi connectivity index (χ2v) is 31.4. The number of fused-ring (bicyclic) bond motifs is 18. The molecule has 10 nitrogen and oxygen atoms in total. The summed E-state index contributed by atoms with van der Waals surface area (Å²) in [6, 6.07) is 125. The van der Waals surface area contributed by atoms with Crippen LogP contribution >= 0.6 is 22.7 Å². The summed E-state index contributed by atoms with van der Waals surface area (Å²) in [7, 11) is 0. The highest BCUT2D eigenvalue weighted by atomic mass is 32.1. The van der Waals surface area contributed by atoms with Crippen LogP contribution < -0.4 is 0 Å². The molecule has 0 N–H and O–H groups in total. The van der Waals surface area contributed by atoms with Crippen LogP contribution in [0, 0.1) is 0 Å². The van der Waals surface area contributed by atoms with Crippen molar-refractivity contribution < 1.29 is 8.83 Å². The lowest BCUT2D eigenvalue weighted by molar-refractivity contribution is 0.669. The molecule has 0 spiro atoms. The maximum atomic E-state index is 7.12. The number of rotatable bonds is 11. The molecule has 24 aromatic rings. The lowest BCUT2D eigenvalue weighted by Crippen LogP contribution is -2.00. The van der Waals surface area contributed by atoms with Gasteiger partial charge >= 0.3 is 0 Å². The Morgan fingerprint density at radius 3 is 1.11 bits per heavy atom. The van der Waals surface area contributed by atoms with Gasteiger partial charge < -0.3 is 18.0 Å². The van der Waals surface area contributed by atoms with Crippen molar-refractivity contribution in [1.29, 1.82) is 0 Å². The maximum Gasteiger partial charge on any atom is 0.164 e. The molecule has 530 valence electrons. The summed E-state index contributed by atoms with van der Waals surface area (Å²) < 4.78 is 23.4. The molecule has 0 fully saturated rings. The van der Waals surface area contributed by atoms with Gasteiger partial charge in [0, 0.05) is 145 Å².